The number of nitrogens with one attached hydrogen (secondary N) is 2. The minimum atomic E-state index is -0.645. The molecule has 19 heavy (non-hydrogen) atoms. The summed E-state index contributed by atoms with van der Waals surface area (Å²) in [4.78, 5) is 23.1. The van der Waals surface area contributed by atoms with Gasteiger partial charge in [0.05, 0.1) is 0 Å². The summed E-state index contributed by atoms with van der Waals surface area (Å²) in [6.45, 7) is 8.17. The average Bonchev–Trinajstić information content (AvgIpc) is 2.24. The van der Waals surface area contributed by atoms with Crippen molar-refractivity contribution in [3.63, 3.8) is 0 Å². The zero-order valence-corrected chi connectivity index (χ0v) is 12.2. The SMILES string of the molecule is CC1=CCCC(C)(C)[C@H]1C(=O)C[C@H](C)NNC(N)=O. The minimum absolute atomic E-state index is 0.00670. The largest absolute Gasteiger partial charge is 0.351 e. The Morgan fingerprint density at radius 3 is 2.68 bits per heavy atom. The van der Waals surface area contributed by atoms with Gasteiger partial charge in [-0.05, 0) is 32.1 Å². The van der Waals surface area contributed by atoms with Gasteiger partial charge in [-0.2, -0.15) is 0 Å². The molecule has 0 aliphatic heterocycles. The molecule has 0 aromatic carbocycles. The Morgan fingerprint density at radius 2 is 2.16 bits per heavy atom. The lowest BCUT2D eigenvalue weighted by atomic mass is 9.66. The number of carbonyl (C=O) groups excluding carboxylic acids is 2. The van der Waals surface area contributed by atoms with E-state index in [9.17, 15) is 9.59 Å². The van der Waals surface area contributed by atoms with E-state index in [1.54, 1.807) is 0 Å². The third-order valence-corrected chi connectivity index (χ3v) is 3.76. The maximum atomic E-state index is 12.5. The molecule has 0 bridgehead atoms. The Labute approximate surface area is 115 Å². The third kappa shape index (κ3) is 4.35. The molecule has 2 amide bonds. The normalized spacial score (nSPS) is 23.4. The highest BCUT2D eigenvalue weighted by Crippen LogP contribution is 2.41. The number of hydrogen-bond acceptors (Lipinski definition) is 3. The maximum absolute atomic E-state index is 12.5. The molecule has 0 saturated heterocycles. The van der Waals surface area contributed by atoms with Crippen molar-refractivity contribution >= 4 is 11.8 Å². The number of primary amides is 1. The Hall–Kier alpha value is -1.36. The van der Waals surface area contributed by atoms with E-state index in [4.69, 9.17) is 5.73 Å². The summed E-state index contributed by atoms with van der Waals surface area (Å²) >= 11 is 0. The molecule has 0 unspecified atom stereocenters. The van der Waals surface area contributed by atoms with Crippen molar-refractivity contribution in [3.8, 4) is 0 Å². The van der Waals surface area contributed by atoms with Crippen LogP contribution in [0.15, 0.2) is 11.6 Å². The first-order chi connectivity index (χ1) is 8.74. The fourth-order valence-electron chi connectivity index (χ4n) is 2.91. The molecule has 1 aliphatic carbocycles. The van der Waals surface area contributed by atoms with Gasteiger partial charge in [0.1, 0.15) is 5.78 Å². The molecule has 0 heterocycles. The number of urea groups is 1. The lowest BCUT2D eigenvalue weighted by Gasteiger charge is -2.37. The number of ketones is 1. The van der Waals surface area contributed by atoms with Gasteiger partial charge in [0.2, 0.25) is 0 Å². The monoisotopic (exact) mass is 267 g/mol. The zero-order valence-electron chi connectivity index (χ0n) is 12.2. The van der Waals surface area contributed by atoms with Crippen molar-refractivity contribution in [2.24, 2.45) is 17.1 Å². The minimum Gasteiger partial charge on any atom is -0.351 e. The van der Waals surface area contributed by atoms with E-state index >= 15 is 0 Å². The topological polar surface area (TPSA) is 84.2 Å². The van der Waals surface area contributed by atoms with Gasteiger partial charge >= 0.3 is 6.03 Å². The lowest BCUT2D eigenvalue weighted by Crippen LogP contribution is -2.47. The van der Waals surface area contributed by atoms with E-state index < -0.39 is 6.03 Å². The highest BCUT2D eigenvalue weighted by Gasteiger charge is 2.37. The fourth-order valence-corrected chi connectivity index (χ4v) is 2.91. The van der Waals surface area contributed by atoms with Crippen LogP contribution < -0.4 is 16.6 Å². The summed E-state index contributed by atoms with van der Waals surface area (Å²) in [7, 11) is 0. The van der Waals surface area contributed by atoms with Gasteiger partial charge in [-0.15, -0.1) is 0 Å². The van der Waals surface area contributed by atoms with Crippen LogP contribution in [0, 0.1) is 11.3 Å². The fraction of sp³-hybridized carbons (Fsp3) is 0.714. The molecule has 1 aliphatic rings. The van der Waals surface area contributed by atoms with Crippen LogP contribution in [0.1, 0.15) is 47.0 Å². The smallest absolute Gasteiger partial charge is 0.326 e. The van der Waals surface area contributed by atoms with Gasteiger partial charge < -0.3 is 5.73 Å². The van der Waals surface area contributed by atoms with Gasteiger partial charge in [0.25, 0.3) is 0 Å². The van der Waals surface area contributed by atoms with Crippen LogP contribution in [-0.2, 0) is 4.79 Å². The second-order valence-electron chi connectivity index (χ2n) is 6.11. The van der Waals surface area contributed by atoms with Crippen LogP contribution in [0.3, 0.4) is 0 Å². The molecule has 0 saturated carbocycles. The van der Waals surface area contributed by atoms with Crippen LogP contribution in [0.2, 0.25) is 0 Å². The first-order valence-electron chi connectivity index (χ1n) is 6.74. The molecule has 4 N–H and O–H groups in total. The van der Waals surface area contributed by atoms with Crippen molar-refractivity contribution in [2.45, 2.75) is 53.0 Å². The summed E-state index contributed by atoms with van der Waals surface area (Å²) in [5.74, 6) is 0.184. The molecule has 0 aromatic rings. The molecule has 0 fully saturated rings. The summed E-state index contributed by atoms with van der Waals surface area (Å²) in [6.07, 6.45) is 4.61. The van der Waals surface area contributed by atoms with Gasteiger partial charge in [-0.25, -0.2) is 10.2 Å². The van der Waals surface area contributed by atoms with E-state index in [1.807, 2.05) is 13.8 Å². The van der Waals surface area contributed by atoms with Gasteiger partial charge in [-0.3, -0.25) is 10.2 Å². The molecule has 2 atom stereocenters. The number of hydrogen-bond donors (Lipinski definition) is 3. The second kappa shape index (κ2) is 6.19. The quantitative estimate of drug-likeness (QED) is 0.525. The third-order valence-electron chi connectivity index (χ3n) is 3.76. The van der Waals surface area contributed by atoms with Gasteiger partial charge in [0, 0.05) is 18.4 Å². The number of Topliss-reactive ketones (excluding diaryl/α,β-unsaturated/α-hetero) is 1. The Bertz CT molecular complexity index is 388. The van der Waals surface area contributed by atoms with E-state index in [1.165, 1.54) is 0 Å². The van der Waals surface area contributed by atoms with Crippen LogP contribution in [0.4, 0.5) is 4.79 Å². The molecule has 5 nitrogen and oxygen atoms in total. The van der Waals surface area contributed by atoms with Crippen LogP contribution in [0.25, 0.3) is 0 Å². The highest BCUT2D eigenvalue weighted by molar-refractivity contribution is 5.85. The number of nitrogens with two attached hydrogens (primary N) is 1. The molecular formula is C14H25N3O2. The standard InChI is InChI=1S/C14H25N3O2/c1-9-6-5-7-14(3,4)12(9)11(18)8-10(2)16-17-13(15)19/h6,10,12,16H,5,7-8H2,1-4H3,(H3,15,17,19)/t10-,12+/m0/s1. The highest BCUT2D eigenvalue weighted by atomic mass is 16.2. The molecular weight excluding hydrogens is 242 g/mol. The maximum Gasteiger partial charge on any atom is 0.326 e. The average molecular weight is 267 g/mol. The summed E-state index contributed by atoms with van der Waals surface area (Å²) in [5, 5.41) is 0. The molecule has 5 heteroatoms. The summed E-state index contributed by atoms with van der Waals surface area (Å²) in [6, 6.07) is -0.779. The van der Waals surface area contributed by atoms with Crippen molar-refractivity contribution < 1.29 is 9.59 Å². The van der Waals surface area contributed by atoms with Crippen LogP contribution >= 0.6 is 0 Å². The Kier molecular flexibility index (Phi) is 5.11. The summed E-state index contributed by atoms with van der Waals surface area (Å²) < 4.78 is 0. The number of rotatable bonds is 5. The van der Waals surface area contributed by atoms with E-state index in [0.29, 0.717) is 6.42 Å². The first kappa shape index (κ1) is 15.7. The van der Waals surface area contributed by atoms with Crippen molar-refractivity contribution in [1.29, 1.82) is 0 Å². The number of allylic oxidation sites excluding steroid dienone is 2. The van der Waals surface area contributed by atoms with Crippen molar-refractivity contribution in [3.05, 3.63) is 11.6 Å². The molecule has 0 aromatic heterocycles. The first-order valence-corrected chi connectivity index (χ1v) is 6.74. The molecule has 0 radical (unpaired) electrons. The van der Waals surface area contributed by atoms with Gasteiger partial charge in [-0.1, -0.05) is 25.5 Å². The zero-order chi connectivity index (χ0) is 14.6. The van der Waals surface area contributed by atoms with Gasteiger partial charge in [0.15, 0.2) is 0 Å². The number of carbonyl (C=O) groups is 2. The van der Waals surface area contributed by atoms with E-state index in [0.717, 1.165) is 18.4 Å². The molecule has 1 rings (SSSR count). The van der Waals surface area contributed by atoms with Crippen LogP contribution in [-0.4, -0.2) is 17.9 Å². The predicted molar refractivity (Wildman–Crippen MR) is 75.2 cm³/mol. The second-order valence-corrected chi connectivity index (χ2v) is 6.11. The van der Waals surface area contributed by atoms with Crippen molar-refractivity contribution in [1.82, 2.24) is 10.9 Å². The lowest BCUT2D eigenvalue weighted by molar-refractivity contribution is -0.125. The van der Waals surface area contributed by atoms with Crippen LogP contribution in [0.5, 0.6) is 0 Å². The number of hydrazine groups is 1. The number of amides is 2. The molecule has 0 spiro atoms. The van der Waals surface area contributed by atoms with E-state index in [2.05, 4.69) is 30.8 Å². The van der Waals surface area contributed by atoms with E-state index in [-0.39, 0.29) is 23.2 Å². The molecule has 108 valence electrons. The summed E-state index contributed by atoms with van der Waals surface area (Å²) in [5.41, 5.74) is 11.2. The Morgan fingerprint density at radius 1 is 1.53 bits per heavy atom. The van der Waals surface area contributed by atoms with Crippen molar-refractivity contribution in [2.75, 3.05) is 0 Å². The Balaban J connectivity index is 2.63. The predicted octanol–water partition coefficient (Wildman–Crippen LogP) is 1.89.